The van der Waals surface area contributed by atoms with Crippen molar-refractivity contribution in [3.63, 3.8) is 0 Å². The van der Waals surface area contributed by atoms with Crippen molar-refractivity contribution in [2.45, 2.75) is 97.6 Å². The van der Waals surface area contributed by atoms with E-state index >= 15 is 4.39 Å². The average Bonchev–Trinajstić information content (AvgIpc) is 3.33. The number of ether oxygens (including phenoxy) is 2. The number of halogens is 3. The number of piperidine rings is 1. The van der Waals surface area contributed by atoms with E-state index in [0.29, 0.717) is 37.3 Å². The minimum atomic E-state index is -3.03. The topological polar surface area (TPSA) is 123 Å². The van der Waals surface area contributed by atoms with Gasteiger partial charge in [-0.3, -0.25) is 9.59 Å². The summed E-state index contributed by atoms with van der Waals surface area (Å²) in [6, 6.07) is 2.65. The standard InChI is InChI=1S/C33H49F3N5O5/c1-20(2)28(37)39-30(43)40-14-10-23(11-15-40)21(3)12-17-45-24-8-9-25(26(34)18-24)22(4)27(38-31(44)46-32(5,6)7)29(42)41-16-13-33(35,36)19-41/h8-9,18,20-23,27H,10-17,19H2,1-7H3,(H2-,37,38,39,43,44)/q-1/t21-,22+,27+/m1/s1. The first kappa shape index (κ1) is 37.0. The van der Waals surface area contributed by atoms with Crippen molar-refractivity contribution < 1.29 is 37.0 Å². The van der Waals surface area contributed by atoms with Crippen LogP contribution in [-0.2, 0) is 9.53 Å². The van der Waals surface area contributed by atoms with Gasteiger partial charge in [-0.25, -0.2) is 18.0 Å². The number of nitrogens with zero attached hydrogens (tertiary/aromatic N) is 3. The van der Waals surface area contributed by atoms with Crippen LogP contribution in [0.1, 0.15) is 85.6 Å². The van der Waals surface area contributed by atoms with Crippen molar-refractivity contribution >= 4 is 23.9 Å². The number of hydrogen-bond acceptors (Lipinski definition) is 5. The molecule has 258 valence electrons. The number of rotatable bonds is 10. The summed E-state index contributed by atoms with van der Waals surface area (Å²) in [6.45, 7) is 12.8. The van der Waals surface area contributed by atoms with E-state index in [0.717, 1.165) is 24.2 Å². The van der Waals surface area contributed by atoms with Crippen LogP contribution < -0.4 is 15.4 Å². The maximum atomic E-state index is 15.4. The van der Waals surface area contributed by atoms with Gasteiger partial charge in [-0.1, -0.05) is 39.6 Å². The molecule has 3 atom stereocenters. The Morgan fingerprint density at radius 3 is 2.26 bits per heavy atom. The van der Waals surface area contributed by atoms with Gasteiger partial charge in [0, 0.05) is 38.0 Å². The van der Waals surface area contributed by atoms with E-state index in [1.807, 2.05) is 0 Å². The second-order valence-corrected chi connectivity index (χ2v) is 13.9. The molecule has 46 heavy (non-hydrogen) atoms. The summed E-state index contributed by atoms with van der Waals surface area (Å²) in [6.07, 6.45) is 0.977. The van der Waals surface area contributed by atoms with Crippen molar-refractivity contribution in [1.29, 1.82) is 0 Å². The third-order valence-corrected chi connectivity index (χ3v) is 8.64. The van der Waals surface area contributed by atoms with Gasteiger partial charge in [0.15, 0.2) is 0 Å². The minimum Gasteiger partial charge on any atom is -0.493 e. The van der Waals surface area contributed by atoms with Crippen molar-refractivity contribution in [2.24, 2.45) is 17.8 Å². The maximum Gasteiger partial charge on any atom is 0.408 e. The summed E-state index contributed by atoms with van der Waals surface area (Å²) in [5.41, 5.74) is -0.746. The number of urea groups is 1. The number of carbonyl (C=O) groups is 3. The van der Waals surface area contributed by atoms with Gasteiger partial charge in [-0.15, -0.1) is 0 Å². The van der Waals surface area contributed by atoms with E-state index in [-0.39, 0.29) is 29.9 Å². The highest BCUT2D eigenvalue weighted by atomic mass is 19.3. The van der Waals surface area contributed by atoms with Crippen molar-refractivity contribution in [2.75, 3.05) is 32.8 Å². The molecule has 2 aliphatic heterocycles. The molecule has 0 unspecified atom stereocenters. The molecule has 2 aliphatic rings. The molecule has 0 aliphatic carbocycles. The monoisotopic (exact) mass is 652 g/mol. The van der Waals surface area contributed by atoms with Crippen LogP contribution in [0.2, 0.25) is 0 Å². The van der Waals surface area contributed by atoms with E-state index in [2.05, 4.69) is 17.6 Å². The Morgan fingerprint density at radius 1 is 1.07 bits per heavy atom. The third kappa shape index (κ3) is 10.5. The van der Waals surface area contributed by atoms with E-state index < -0.39 is 54.3 Å². The molecule has 0 bridgehead atoms. The van der Waals surface area contributed by atoms with Gasteiger partial charge >= 0.3 is 6.09 Å². The van der Waals surface area contributed by atoms with Crippen LogP contribution in [0.5, 0.6) is 5.75 Å². The van der Waals surface area contributed by atoms with Gasteiger partial charge < -0.3 is 35.3 Å². The number of carbonyl (C=O) groups excluding carboxylic acids is 3. The largest absolute Gasteiger partial charge is 0.493 e. The van der Waals surface area contributed by atoms with Crippen molar-refractivity contribution in [1.82, 2.24) is 20.4 Å². The highest BCUT2D eigenvalue weighted by Crippen LogP contribution is 2.32. The number of nitrogens with one attached hydrogen (secondary N) is 2. The van der Waals surface area contributed by atoms with E-state index in [1.165, 1.54) is 12.1 Å². The fourth-order valence-electron chi connectivity index (χ4n) is 5.71. The Hall–Kier alpha value is -3.51. The number of benzene rings is 1. The van der Waals surface area contributed by atoms with Gasteiger partial charge in [0.05, 0.1) is 13.2 Å². The van der Waals surface area contributed by atoms with Crippen LogP contribution in [0.4, 0.5) is 22.8 Å². The number of amidine groups is 1. The van der Waals surface area contributed by atoms with Crippen LogP contribution in [0.3, 0.4) is 0 Å². The van der Waals surface area contributed by atoms with Gasteiger partial charge in [-0.05, 0) is 69.4 Å². The van der Waals surface area contributed by atoms with E-state index in [4.69, 9.17) is 9.47 Å². The lowest BCUT2D eigenvalue weighted by Gasteiger charge is -2.37. The Balaban J connectivity index is 1.57. The SMILES string of the molecule is CC(C)C(=[N-])NC(=O)N1CCC([C@H](C)CCOc2ccc([C@H](C)[C@H](NC(=O)OC(C)(C)C)C(=O)N3CCC(F)(F)C3)c(F)c2)CC1. The molecule has 10 nitrogen and oxygen atoms in total. The summed E-state index contributed by atoms with van der Waals surface area (Å²) in [4.78, 5) is 41.0. The van der Waals surface area contributed by atoms with Crippen LogP contribution in [0, 0.1) is 23.6 Å². The third-order valence-electron chi connectivity index (χ3n) is 8.64. The zero-order chi connectivity index (χ0) is 34.4. The zero-order valence-electron chi connectivity index (χ0n) is 28.0. The highest BCUT2D eigenvalue weighted by Gasteiger charge is 2.44. The second kappa shape index (κ2) is 15.4. The first-order valence-electron chi connectivity index (χ1n) is 16.1. The predicted octanol–water partition coefficient (Wildman–Crippen LogP) is 6.14. The quantitative estimate of drug-likeness (QED) is 0.232. The first-order chi connectivity index (χ1) is 21.4. The molecule has 0 spiro atoms. The lowest BCUT2D eigenvalue weighted by atomic mass is 9.84. The highest BCUT2D eigenvalue weighted by molar-refractivity contribution is 6.00. The van der Waals surface area contributed by atoms with Gasteiger partial charge in [0.25, 0.3) is 5.92 Å². The summed E-state index contributed by atoms with van der Waals surface area (Å²) >= 11 is 0. The fraction of sp³-hybridized carbons (Fsp3) is 0.697. The van der Waals surface area contributed by atoms with Gasteiger partial charge in [0.1, 0.15) is 23.2 Å². The molecule has 13 heteroatoms. The van der Waals surface area contributed by atoms with Gasteiger partial charge in [0.2, 0.25) is 11.9 Å². The number of alkyl carbamates (subject to hydrolysis) is 1. The van der Waals surface area contributed by atoms with Crippen molar-refractivity contribution in [3.05, 3.63) is 35.0 Å². The van der Waals surface area contributed by atoms with Crippen LogP contribution in [0.15, 0.2) is 18.2 Å². The lowest BCUT2D eigenvalue weighted by Crippen LogP contribution is -2.52. The van der Waals surface area contributed by atoms with Gasteiger partial charge in [-0.2, -0.15) is 0 Å². The Labute approximate surface area is 270 Å². The Morgan fingerprint density at radius 2 is 1.72 bits per heavy atom. The smallest absolute Gasteiger partial charge is 0.408 e. The predicted molar refractivity (Wildman–Crippen MR) is 169 cm³/mol. The summed E-state index contributed by atoms with van der Waals surface area (Å²) in [5.74, 6) is -4.53. The molecule has 1 aromatic rings. The molecule has 0 radical (unpaired) electrons. The molecule has 0 saturated carbocycles. The molecule has 3 rings (SSSR count). The van der Waals surface area contributed by atoms with Crippen LogP contribution in [-0.4, -0.2) is 84.0 Å². The zero-order valence-corrected chi connectivity index (χ0v) is 28.0. The number of alkyl halides is 2. The first-order valence-corrected chi connectivity index (χ1v) is 16.1. The lowest BCUT2D eigenvalue weighted by molar-refractivity contribution is -0.134. The number of hydrogen-bond donors (Lipinski definition) is 2. The molecule has 4 amide bonds. The molecule has 2 saturated heterocycles. The maximum absolute atomic E-state index is 15.4. The Kier molecular flexibility index (Phi) is 12.4. The fourth-order valence-corrected chi connectivity index (χ4v) is 5.71. The number of amides is 4. The molecule has 1 aromatic carbocycles. The molecular formula is C33H49F3N5O5-. The molecule has 2 heterocycles. The summed E-state index contributed by atoms with van der Waals surface area (Å²) < 4.78 is 54.3. The molecule has 2 N–H and O–H groups in total. The summed E-state index contributed by atoms with van der Waals surface area (Å²) in [5, 5.41) is 14.9. The van der Waals surface area contributed by atoms with Crippen LogP contribution >= 0.6 is 0 Å². The van der Waals surface area contributed by atoms with Crippen molar-refractivity contribution in [3.8, 4) is 5.75 Å². The van der Waals surface area contributed by atoms with E-state index in [1.54, 1.807) is 52.5 Å². The second-order valence-electron chi connectivity index (χ2n) is 13.9. The molecular weight excluding hydrogens is 603 g/mol. The van der Waals surface area contributed by atoms with E-state index in [9.17, 15) is 28.6 Å². The van der Waals surface area contributed by atoms with Crippen LogP contribution in [0.25, 0.3) is 5.41 Å². The Bertz CT molecular complexity index is 1250. The average molecular weight is 653 g/mol. The minimum absolute atomic E-state index is 0.0447. The molecule has 0 aromatic heterocycles. The molecule has 2 fully saturated rings. The number of likely N-dealkylation sites (tertiary alicyclic amines) is 2. The summed E-state index contributed by atoms with van der Waals surface area (Å²) in [7, 11) is 0. The normalized spacial score (nSPS) is 18.9.